The molecule has 1 unspecified atom stereocenters. The Morgan fingerprint density at radius 3 is 2.61 bits per heavy atom. The van der Waals surface area contributed by atoms with E-state index in [0.717, 1.165) is 24.8 Å². The summed E-state index contributed by atoms with van der Waals surface area (Å²) in [5.74, 6) is -2.11. The second-order valence-corrected chi connectivity index (χ2v) is 14.3. The number of ketones is 3. The second kappa shape index (κ2) is 6.87. The van der Waals surface area contributed by atoms with E-state index < -0.39 is 45.4 Å². The average molecular weight is 524 g/mol. The van der Waals surface area contributed by atoms with Gasteiger partial charge < -0.3 is 14.2 Å². The van der Waals surface area contributed by atoms with Crippen molar-refractivity contribution in [3.05, 3.63) is 11.6 Å². The number of piperidine rings is 1. The zero-order valence-electron chi connectivity index (χ0n) is 22.7. The summed E-state index contributed by atoms with van der Waals surface area (Å²) in [6, 6.07) is 0. The Bertz CT molecular complexity index is 1260. The second-order valence-electron chi connectivity index (χ2n) is 14.3. The highest BCUT2D eigenvalue weighted by Crippen LogP contribution is 2.78. The Morgan fingerprint density at radius 1 is 1.08 bits per heavy atom. The molecule has 8 rings (SSSR count). The number of esters is 1. The maximum absolute atomic E-state index is 15.4. The third-order valence-corrected chi connectivity index (χ3v) is 12.7. The zero-order valence-corrected chi connectivity index (χ0v) is 22.7. The number of ether oxygens (including phenoxy) is 3. The van der Waals surface area contributed by atoms with Crippen LogP contribution in [0.15, 0.2) is 11.6 Å². The van der Waals surface area contributed by atoms with Gasteiger partial charge in [-0.25, -0.2) is 4.90 Å². The molecule has 38 heavy (non-hydrogen) atoms. The molecule has 0 N–H and O–H groups in total. The van der Waals surface area contributed by atoms with Crippen LogP contribution >= 0.6 is 0 Å². The number of rotatable bonds is 0. The Labute approximate surface area is 222 Å². The number of carbonyl (C=O) groups excluding carboxylic acids is 4. The summed E-state index contributed by atoms with van der Waals surface area (Å²) in [5.41, 5.74) is -3.78. The van der Waals surface area contributed by atoms with E-state index in [9.17, 15) is 14.4 Å². The highest BCUT2D eigenvalue weighted by Gasteiger charge is 2.89. The van der Waals surface area contributed by atoms with Crippen LogP contribution in [0.3, 0.4) is 0 Å². The number of hydrogen-bond acceptors (Lipinski definition) is 8. The van der Waals surface area contributed by atoms with Gasteiger partial charge in [-0.15, -0.1) is 0 Å². The number of cyclic esters (lactones) is 1. The van der Waals surface area contributed by atoms with Crippen molar-refractivity contribution in [3.63, 3.8) is 0 Å². The summed E-state index contributed by atoms with van der Waals surface area (Å²) in [6.07, 6.45) is 5.50. The molecule has 0 radical (unpaired) electrons. The summed E-state index contributed by atoms with van der Waals surface area (Å²) in [4.78, 5) is 58.6. The fraction of sp³-hybridized carbons (Fsp3) is 0.800. The van der Waals surface area contributed by atoms with Gasteiger partial charge in [-0.1, -0.05) is 26.3 Å². The molecule has 11 atom stereocenters. The Balaban J connectivity index is 1.40. The molecule has 4 bridgehead atoms. The summed E-state index contributed by atoms with van der Waals surface area (Å²) in [6.45, 7) is 8.96. The molecule has 5 saturated heterocycles. The van der Waals surface area contributed by atoms with Gasteiger partial charge in [0.25, 0.3) is 0 Å². The van der Waals surface area contributed by atoms with Crippen molar-refractivity contribution in [2.45, 2.75) is 83.8 Å². The SMILES string of the molecule is CC1=CC(=O)[C@H]2[C@@H](C1)[C@]13CO[C@@]4(C1=O)N1C[C@H]5C[C@H](C)CC1(CC[C@@]4(C)[C@]1(COC(=O)C1)[C@H]3C(=O)[C@@H]2C)O5. The molecule has 8 heteroatoms. The Morgan fingerprint density at radius 2 is 1.87 bits per heavy atom. The molecule has 3 aliphatic carbocycles. The van der Waals surface area contributed by atoms with Crippen molar-refractivity contribution in [1.82, 2.24) is 4.90 Å². The van der Waals surface area contributed by atoms with Crippen LogP contribution in [-0.2, 0) is 33.4 Å². The molecule has 0 aromatic carbocycles. The summed E-state index contributed by atoms with van der Waals surface area (Å²) in [5, 5.41) is 0. The molecule has 0 aromatic heterocycles. The quantitative estimate of drug-likeness (QED) is 0.447. The number of allylic oxidation sites excluding steroid dienone is 2. The first-order valence-electron chi connectivity index (χ1n) is 14.5. The van der Waals surface area contributed by atoms with E-state index in [1.54, 1.807) is 6.08 Å². The molecule has 2 saturated carbocycles. The van der Waals surface area contributed by atoms with Gasteiger partial charge in [0, 0.05) is 35.1 Å². The Hall–Kier alpha value is -1.90. The van der Waals surface area contributed by atoms with Crippen LogP contribution in [0, 0.1) is 45.8 Å². The van der Waals surface area contributed by atoms with Crippen LogP contribution in [0.25, 0.3) is 0 Å². The van der Waals surface area contributed by atoms with Crippen molar-refractivity contribution < 1.29 is 33.4 Å². The first-order chi connectivity index (χ1) is 18.0. The molecule has 8 nitrogen and oxygen atoms in total. The van der Waals surface area contributed by atoms with E-state index in [-0.39, 0.29) is 55.0 Å². The lowest BCUT2D eigenvalue weighted by Crippen LogP contribution is -2.82. The normalized spacial score (nSPS) is 56.8. The van der Waals surface area contributed by atoms with E-state index in [2.05, 4.69) is 18.7 Å². The highest BCUT2D eigenvalue weighted by molar-refractivity contribution is 6.08. The fourth-order valence-electron chi connectivity index (χ4n) is 11.4. The van der Waals surface area contributed by atoms with Crippen molar-refractivity contribution in [1.29, 1.82) is 0 Å². The number of hydrogen-bond donors (Lipinski definition) is 0. The first-order valence-corrected chi connectivity index (χ1v) is 14.5. The van der Waals surface area contributed by atoms with E-state index in [0.29, 0.717) is 25.3 Å². The van der Waals surface area contributed by atoms with Crippen LogP contribution in [0.2, 0.25) is 0 Å². The zero-order chi connectivity index (χ0) is 26.6. The van der Waals surface area contributed by atoms with E-state index in [4.69, 9.17) is 14.2 Å². The van der Waals surface area contributed by atoms with Crippen LogP contribution < -0.4 is 0 Å². The van der Waals surface area contributed by atoms with E-state index >= 15 is 4.79 Å². The van der Waals surface area contributed by atoms with Gasteiger partial charge >= 0.3 is 5.97 Å². The van der Waals surface area contributed by atoms with Crippen LogP contribution in [-0.4, -0.2) is 65.5 Å². The minimum atomic E-state index is -1.31. The maximum atomic E-state index is 15.4. The summed E-state index contributed by atoms with van der Waals surface area (Å²) in [7, 11) is 0. The molecule has 0 amide bonds. The molecule has 5 aliphatic heterocycles. The minimum absolute atomic E-state index is 0.0285. The predicted octanol–water partition coefficient (Wildman–Crippen LogP) is 2.83. The largest absolute Gasteiger partial charge is 0.465 e. The molecule has 5 heterocycles. The van der Waals surface area contributed by atoms with Crippen LogP contribution in [0.1, 0.15) is 66.2 Å². The van der Waals surface area contributed by atoms with E-state index in [1.165, 1.54) is 0 Å². The third-order valence-electron chi connectivity index (χ3n) is 12.7. The van der Waals surface area contributed by atoms with Crippen molar-refractivity contribution in [2.75, 3.05) is 19.8 Å². The van der Waals surface area contributed by atoms with Gasteiger partial charge in [0.15, 0.2) is 17.3 Å². The first kappa shape index (κ1) is 23.9. The number of nitrogens with zero attached hydrogens (tertiary/aromatic N) is 1. The summed E-state index contributed by atoms with van der Waals surface area (Å²) < 4.78 is 19.4. The van der Waals surface area contributed by atoms with Crippen LogP contribution in [0.4, 0.5) is 0 Å². The smallest absolute Gasteiger partial charge is 0.306 e. The van der Waals surface area contributed by atoms with Gasteiger partial charge in [-0.05, 0) is 56.9 Å². The lowest BCUT2D eigenvalue weighted by atomic mass is 9.34. The average Bonchev–Trinajstić information content (AvgIpc) is 3.45. The minimum Gasteiger partial charge on any atom is -0.465 e. The van der Waals surface area contributed by atoms with Crippen molar-refractivity contribution in [3.8, 4) is 0 Å². The molecule has 0 aromatic rings. The monoisotopic (exact) mass is 523 g/mol. The third kappa shape index (κ3) is 2.24. The molecule has 4 spiro atoms. The lowest BCUT2D eigenvalue weighted by Gasteiger charge is -2.70. The molecular formula is C30H37NO7. The van der Waals surface area contributed by atoms with Crippen molar-refractivity contribution >= 4 is 23.3 Å². The van der Waals surface area contributed by atoms with Crippen molar-refractivity contribution in [2.24, 2.45) is 45.8 Å². The highest BCUT2D eigenvalue weighted by atomic mass is 16.6. The van der Waals surface area contributed by atoms with Gasteiger partial charge in [-0.2, -0.15) is 0 Å². The Kier molecular flexibility index (Phi) is 4.33. The molecule has 7 fully saturated rings. The molecule has 204 valence electrons. The number of Topliss-reactive ketones (excluding diaryl/α,β-unsaturated/α-hetero) is 2. The van der Waals surface area contributed by atoms with Gasteiger partial charge in [0.2, 0.25) is 0 Å². The maximum Gasteiger partial charge on any atom is 0.306 e. The standard InChI is InChI=1S/C30H37NO7/c1-15-8-19-22(20(32)9-15)17(3)23(34)24-27(11-21(33)36-13-27)26(4)5-6-28-10-16(2)7-18(38-28)12-31(28)30(26)25(35)29(19,24)14-37-30/h9,16-19,22,24H,5-8,10-14H2,1-4H3/t16-,17+,18+,19+,22+,24+,26-,27+,28?,29-,30+/m0/s1. The van der Waals surface area contributed by atoms with Gasteiger partial charge in [-0.3, -0.25) is 19.2 Å². The topological polar surface area (TPSA) is 99.2 Å². The van der Waals surface area contributed by atoms with E-state index in [1.807, 2.05) is 13.8 Å². The number of carbonyl (C=O) groups is 4. The number of fused-ring (bicyclic) bond motifs is 4. The van der Waals surface area contributed by atoms with Gasteiger partial charge in [0.1, 0.15) is 11.5 Å². The fourth-order valence-corrected chi connectivity index (χ4v) is 11.4. The molecular weight excluding hydrogens is 486 g/mol. The molecule has 8 aliphatic rings. The van der Waals surface area contributed by atoms with Crippen LogP contribution in [0.5, 0.6) is 0 Å². The van der Waals surface area contributed by atoms with Gasteiger partial charge in [0.05, 0.1) is 31.2 Å². The lowest BCUT2D eigenvalue weighted by molar-refractivity contribution is -0.313. The predicted molar refractivity (Wildman–Crippen MR) is 132 cm³/mol. The summed E-state index contributed by atoms with van der Waals surface area (Å²) >= 11 is 0.